The van der Waals surface area contributed by atoms with Gasteiger partial charge in [-0.25, -0.2) is 23.4 Å². The van der Waals surface area contributed by atoms with Crippen molar-refractivity contribution < 1.29 is 17.6 Å². The first-order valence-corrected chi connectivity index (χ1v) is 11.0. The van der Waals surface area contributed by atoms with Gasteiger partial charge in [0.05, 0.1) is 35.2 Å². The van der Waals surface area contributed by atoms with E-state index in [0.717, 1.165) is 5.56 Å². The topological polar surface area (TPSA) is 110 Å². The molecule has 1 aliphatic heterocycles. The average molecular weight is 430 g/mol. The van der Waals surface area contributed by atoms with Crippen molar-refractivity contribution in [1.82, 2.24) is 15.0 Å². The summed E-state index contributed by atoms with van der Waals surface area (Å²) in [6, 6.07) is 6.47. The van der Waals surface area contributed by atoms with Crippen molar-refractivity contribution in [3.05, 3.63) is 47.8 Å². The smallest absolute Gasteiger partial charge is 0.262 e. The molecule has 1 aromatic carbocycles. The van der Waals surface area contributed by atoms with Crippen molar-refractivity contribution in [3.63, 3.8) is 0 Å². The maximum atomic E-state index is 12.9. The Balaban J connectivity index is 1.57. The van der Waals surface area contributed by atoms with Crippen molar-refractivity contribution in [2.45, 2.75) is 25.7 Å². The van der Waals surface area contributed by atoms with E-state index in [2.05, 4.69) is 19.7 Å². The highest BCUT2D eigenvalue weighted by molar-refractivity contribution is 7.92. The summed E-state index contributed by atoms with van der Waals surface area (Å²) in [4.78, 5) is 15.4. The Kier molecular flexibility index (Phi) is 5.44. The van der Waals surface area contributed by atoms with Gasteiger partial charge in [-0.15, -0.1) is 0 Å². The Morgan fingerprint density at radius 1 is 0.967 bits per heavy atom. The molecule has 0 spiro atoms. The summed E-state index contributed by atoms with van der Waals surface area (Å²) < 4.78 is 39.0. The second-order valence-electron chi connectivity index (χ2n) is 7.05. The summed E-state index contributed by atoms with van der Waals surface area (Å²) in [6.07, 6.45) is 1.54. The summed E-state index contributed by atoms with van der Waals surface area (Å²) >= 11 is 0. The largest absolute Gasteiger partial charge is 0.449 e. The number of sulfonamides is 1. The van der Waals surface area contributed by atoms with Gasteiger partial charge in [0.15, 0.2) is 5.89 Å². The van der Waals surface area contributed by atoms with Gasteiger partial charge in [0.2, 0.25) is 5.95 Å². The molecule has 0 atom stereocenters. The molecule has 0 aliphatic carbocycles. The molecular weight excluding hydrogens is 406 g/mol. The van der Waals surface area contributed by atoms with Crippen LogP contribution >= 0.6 is 0 Å². The lowest BCUT2D eigenvalue weighted by Crippen LogP contribution is -2.37. The molecule has 0 saturated carbocycles. The fourth-order valence-corrected chi connectivity index (χ4v) is 4.42. The molecule has 0 amide bonds. The maximum absolute atomic E-state index is 12.9. The number of aryl methyl sites for hydroxylation is 3. The number of anilines is 2. The lowest BCUT2D eigenvalue weighted by Gasteiger charge is -2.27. The summed E-state index contributed by atoms with van der Waals surface area (Å²) in [5, 5.41) is 0. The molecule has 1 saturated heterocycles. The molecule has 0 unspecified atom stereocenters. The van der Waals surface area contributed by atoms with Crippen LogP contribution in [0.25, 0.3) is 11.3 Å². The van der Waals surface area contributed by atoms with E-state index in [0.29, 0.717) is 60.9 Å². The lowest BCUT2D eigenvalue weighted by molar-refractivity contribution is 0.122. The Hall–Kier alpha value is -2.98. The van der Waals surface area contributed by atoms with E-state index in [1.54, 1.807) is 32.9 Å². The van der Waals surface area contributed by atoms with Crippen LogP contribution in [0.3, 0.4) is 0 Å². The first kappa shape index (κ1) is 20.3. The van der Waals surface area contributed by atoms with Crippen LogP contribution in [-0.4, -0.2) is 49.7 Å². The third-order valence-electron chi connectivity index (χ3n) is 4.87. The SMILES string of the molecule is Cc1nc(-c2ccc(S(=O)(=O)Nc3c(C)nc(N4CCOCC4)nc3C)cc2)co1. The van der Waals surface area contributed by atoms with Crippen LogP contribution in [0, 0.1) is 20.8 Å². The Morgan fingerprint density at radius 2 is 1.60 bits per heavy atom. The summed E-state index contributed by atoms with van der Waals surface area (Å²) in [5.74, 6) is 1.14. The molecule has 0 bridgehead atoms. The van der Waals surface area contributed by atoms with Crippen LogP contribution in [0.1, 0.15) is 17.3 Å². The predicted molar refractivity (Wildman–Crippen MR) is 112 cm³/mol. The monoisotopic (exact) mass is 429 g/mol. The van der Waals surface area contributed by atoms with Gasteiger partial charge >= 0.3 is 0 Å². The standard InChI is InChI=1S/C20H23N5O4S/c1-13-19(14(2)22-20(21-13)25-8-10-28-11-9-25)24-30(26,27)17-6-4-16(5-7-17)18-12-29-15(3)23-18/h4-7,12,24H,8-11H2,1-3H3. The average Bonchev–Trinajstić information content (AvgIpc) is 3.18. The zero-order valence-electron chi connectivity index (χ0n) is 17.0. The fraction of sp³-hybridized carbons (Fsp3) is 0.350. The summed E-state index contributed by atoms with van der Waals surface area (Å²) in [6.45, 7) is 7.96. The number of hydrogen-bond acceptors (Lipinski definition) is 8. The van der Waals surface area contributed by atoms with Crippen LogP contribution in [0.15, 0.2) is 39.8 Å². The number of oxazole rings is 1. The highest BCUT2D eigenvalue weighted by Crippen LogP contribution is 2.26. The van der Waals surface area contributed by atoms with E-state index in [1.165, 1.54) is 18.4 Å². The second-order valence-corrected chi connectivity index (χ2v) is 8.73. The minimum atomic E-state index is -3.80. The van der Waals surface area contributed by atoms with Gasteiger partial charge in [0.25, 0.3) is 10.0 Å². The number of aromatic nitrogens is 3. The van der Waals surface area contributed by atoms with Crippen molar-refractivity contribution in [2.75, 3.05) is 35.9 Å². The molecule has 30 heavy (non-hydrogen) atoms. The predicted octanol–water partition coefficient (Wildman–Crippen LogP) is 2.69. The molecule has 9 nitrogen and oxygen atoms in total. The van der Waals surface area contributed by atoms with Gasteiger partial charge in [-0.2, -0.15) is 0 Å². The lowest BCUT2D eigenvalue weighted by atomic mass is 10.2. The van der Waals surface area contributed by atoms with Crippen molar-refractivity contribution in [2.24, 2.45) is 0 Å². The molecule has 3 heterocycles. The van der Waals surface area contributed by atoms with Crippen molar-refractivity contribution in [3.8, 4) is 11.3 Å². The van der Waals surface area contributed by atoms with Gasteiger partial charge in [-0.1, -0.05) is 12.1 Å². The van der Waals surface area contributed by atoms with Gasteiger partial charge in [-0.05, 0) is 26.0 Å². The molecule has 2 aromatic heterocycles. The van der Waals surface area contributed by atoms with E-state index < -0.39 is 10.0 Å². The number of rotatable bonds is 5. The third-order valence-corrected chi connectivity index (χ3v) is 6.23. The number of ether oxygens (including phenoxy) is 1. The Morgan fingerprint density at radius 3 is 2.17 bits per heavy atom. The number of morpholine rings is 1. The number of hydrogen-bond donors (Lipinski definition) is 1. The van der Waals surface area contributed by atoms with Crippen molar-refractivity contribution >= 4 is 21.7 Å². The third kappa shape index (κ3) is 4.14. The number of nitrogens with zero attached hydrogens (tertiary/aromatic N) is 4. The molecule has 1 N–H and O–H groups in total. The van der Waals surface area contributed by atoms with E-state index in [4.69, 9.17) is 9.15 Å². The van der Waals surface area contributed by atoms with Crippen LogP contribution in [0.5, 0.6) is 0 Å². The highest BCUT2D eigenvalue weighted by atomic mass is 32.2. The van der Waals surface area contributed by atoms with E-state index in [-0.39, 0.29) is 4.90 Å². The minimum Gasteiger partial charge on any atom is -0.449 e. The van der Waals surface area contributed by atoms with Crippen LogP contribution in [-0.2, 0) is 14.8 Å². The molecule has 4 rings (SSSR count). The van der Waals surface area contributed by atoms with Gasteiger partial charge in [0, 0.05) is 25.6 Å². The summed E-state index contributed by atoms with van der Waals surface area (Å²) in [5.41, 5.74) is 2.97. The number of nitrogens with one attached hydrogen (secondary N) is 1. The van der Waals surface area contributed by atoms with E-state index in [1.807, 2.05) is 4.90 Å². The van der Waals surface area contributed by atoms with E-state index in [9.17, 15) is 8.42 Å². The molecule has 158 valence electrons. The van der Waals surface area contributed by atoms with Crippen LogP contribution < -0.4 is 9.62 Å². The second kappa shape index (κ2) is 8.04. The number of benzene rings is 1. The molecule has 1 aliphatic rings. The zero-order chi connectivity index (χ0) is 21.3. The summed E-state index contributed by atoms with van der Waals surface area (Å²) in [7, 11) is -3.80. The van der Waals surface area contributed by atoms with Crippen LogP contribution in [0.2, 0.25) is 0 Å². The first-order valence-electron chi connectivity index (χ1n) is 9.57. The first-order chi connectivity index (χ1) is 14.3. The Bertz CT molecular complexity index is 1130. The molecular formula is C20H23N5O4S. The normalized spacial score (nSPS) is 14.7. The van der Waals surface area contributed by atoms with Gasteiger partial charge in [0.1, 0.15) is 12.0 Å². The highest BCUT2D eigenvalue weighted by Gasteiger charge is 2.21. The fourth-order valence-electron chi connectivity index (χ4n) is 3.25. The molecule has 1 fully saturated rings. The van der Waals surface area contributed by atoms with Gasteiger partial charge in [-0.3, -0.25) is 4.72 Å². The van der Waals surface area contributed by atoms with E-state index >= 15 is 0 Å². The molecule has 10 heteroatoms. The van der Waals surface area contributed by atoms with Crippen molar-refractivity contribution in [1.29, 1.82) is 0 Å². The molecule has 3 aromatic rings. The Labute approximate surface area is 175 Å². The quantitative estimate of drug-likeness (QED) is 0.659. The zero-order valence-corrected chi connectivity index (χ0v) is 17.9. The van der Waals surface area contributed by atoms with Gasteiger partial charge < -0.3 is 14.1 Å². The minimum absolute atomic E-state index is 0.141. The van der Waals surface area contributed by atoms with Crippen LogP contribution in [0.4, 0.5) is 11.6 Å². The maximum Gasteiger partial charge on any atom is 0.262 e. The molecule has 0 radical (unpaired) electrons.